The van der Waals surface area contributed by atoms with Crippen molar-refractivity contribution in [1.82, 2.24) is 4.90 Å². The zero-order valence-corrected chi connectivity index (χ0v) is 21.4. The Labute approximate surface area is 222 Å². The zero-order valence-electron chi connectivity index (χ0n) is 21.4. The summed E-state index contributed by atoms with van der Waals surface area (Å²) in [5.74, 6) is -0.800. The van der Waals surface area contributed by atoms with Crippen LogP contribution >= 0.6 is 0 Å². The van der Waals surface area contributed by atoms with Crippen LogP contribution in [0.5, 0.6) is 5.75 Å². The minimum atomic E-state index is -0.738. The van der Waals surface area contributed by atoms with Crippen molar-refractivity contribution in [2.24, 2.45) is 0 Å². The van der Waals surface area contributed by atoms with E-state index in [1.54, 1.807) is 0 Å². The number of likely N-dealkylation sites (tertiary alicyclic amines) is 1. The van der Waals surface area contributed by atoms with E-state index >= 15 is 0 Å². The number of hydrogen-bond donors (Lipinski definition) is 1. The van der Waals surface area contributed by atoms with E-state index in [1.165, 1.54) is 4.90 Å². The number of aryl methyl sites for hydroxylation is 2. The number of nitrogens with zero attached hydrogens (tertiary/aromatic N) is 1. The first-order chi connectivity index (χ1) is 18.4. The molecule has 1 heterocycles. The average molecular weight is 504 g/mol. The minimum Gasteiger partial charge on any atom is -0.507 e. The molecule has 1 saturated heterocycles. The number of benzene rings is 4. The second kappa shape index (κ2) is 10.8. The van der Waals surface area contributed by atoms with E-state index in [1.807, 2.05) is 117 Å². The standard InChI is InChI=1S/C33H29NO4/c1-22-13-14-23(2)28(19-22)31(35)29-30(34(33(37)32(29)36)20-24-9-5-3-6-10-24)26-15-17-27(18-16-26)38-21-25-11-7-4-8-12-25/h3-19,30,35H,20-21H2,1-2H3/b31-29+. The van der Waals surface area contributed by atoms with Gasteiger partial charge in [-0.15, -0.1) is 0 Å². The summed E-state index contributed by atoms with van der Waals surface area (Å²) in [7, 11) is 0. The van der Waals surface area contributed by atoms with Crippen molar-refractivity contribution in [2.45, 2.75) is 33.0 Å². The quantitative estimate of drug-likeness (QED) is 0.178. The Bertz CT molecular complexity index is 1490. The highest BCUT2D eigenvalue weighted by molar-refractivity contribution is 6.46. The molecule has 1 aliphatic heterocycles. The summed E-state index contributed by atoms with van der Waals surface area (Å²) in [5.41, 5.74) is 5.10. The predicted octanol–water partition coefficient (Wildman–Crippen LogP) is 6.50. The van der Waals surface area contributed by atoms with E-state index in [9.17, 15) is 14.7 Å². The van der Waals surface area contributed by atoms with Gasteiger partial charge in [-0.1, -0.05) is 90.5 Å². The molecule has 5 rings (SSSR count). The number of amides is 1. The van der Waals surface area contributed by atoms with E-state index in [2.05, 4.69) is 0 Å². The Morgan fingerprint density at radius 1 is 0.816 bits per heavy atom. The highest BCUT2D eigenvalue weighted by Crippen LogP contribution is 2.41. The number of carbonyl (C=O) groups excluding carboxylic acids is 2. The molecule has 0 aromatic heterocycles. The Morgan fingerprint density at radius 3 is 2.11 bits per heavy atom. The van der Waals surface area contributed by atoms with Crippen LogP contribution in [0, 0.1) is 13.8 Å². The van der Waals surface area contributed by atoms with E-state index in [-0.39, 0.29) is 17.9 Å². The first-order valence-electron chi connectivity index (χ1n) is 12.6. The maximum absolute atomic E-state index is 13.4. The van der Waals surface area contributed by atoms with Gasteiger partial charge < -0.3 is 14.7 Å². The first kappa shape index (κ1) is 25.0. The third-order valence-electron chi connectivity index (χ3n) is 6.83. The molecule has 190 valence electrons. The van der Waals surface area contributed by atoms with Crippen LogP contribution < -0.4 is 4.74 Å². The van der Waals surface area contributed by atoms with Gasteiger partial charge in [-0.2, -0.15) is 0 Å². The van der Waals surface area contributed by atoms with Gasteiger partial charge in [-0.05, 0) is 54.3 Å². The second-order valence-electron chi connectivity index (χ2n) is 9.57. The van der Waals surface area contributed by atoms with Crippen molar-refractivity contribution in [3.8, 4) is 5.75 Å². The fourth-order valence-corrected chi connectivity index (χ4v) is 4.79. The smallest absolute Gasteiger partial charge is 0.295 e. The van der Waals surface area contributed by atoms with Crippen LogP contribution in [0.15, 0.2) is 109 Å². The van der Waals surface area contributed by atoms with Gasteiger partial charge in [0.15, 0.2) is 0 Å². The van der Waals surface area contributed by atoms with Crippen molar-refractivity contribution in [3.63, 3.8) is 0 Å². The summed E-state index contributed by atoms with van der Waals surface area (Å²) < 4.78 is 5.94. The van der Waals surface area contributed by atoms with Crippen LogP contribution in [0.25, 0.3) is 5.76 Å². The van der Waals surface area contributed by atoms with Crippen LogP contribution in [0.2, 0.25) is 0 Å². The zero-order chi connectivity index (χ0) is 26.6. The Kier molecular flexibility index (Phi) is 7.09. The molecule has 1 atom stereocenters. The van der Waals surface area contributed by atoms with Crippen molar-refractivity contribution < 1.29 is 19.4 Å². The maximum atomic E-state index is 13.4. The van der Waals surface area contributed by atoms with Crippen molar-refractivity contribution in [3.05, 3.63) is 142 Å². The van der Waals surface area contributed by atoms with Gasteiger partial charge in [0.05, 0.1) is 11.6 Å². The third kappa shape index (κ3) is 5.09. The Morgan fingerprint density at radius 2 is 1.45 bits per heavy atom. The number of hydrogen-bond acceptors (Lipinski definition) is 4. The fourth-order valence-electron chi connectivity index (χ4n) is 4.79. The molecule has 1 fully saturated rings. The maximum Gasteiger partial charge on any atom is 0.295 e. The summed E-state index contributed by atoms with van der Waals surface area (Å²) in [6, 6.07) is 31.8. The summed E-state index contributed by atoms with van der Waals surface area (Å²) in [6.45, 7) is 4.48. The van der Waals surface area contributed by atoms with Crippen LogP contribution in [0.1, 0.15) is 39.4 Å². The van der Waals surface area contributed by atoms with Gasteiger partial charge in [-0.3, -0.25) is 9.59 Å². The van der Waals surface area contributed by atoms with Crippen LogP contribution in [-0.4, -0.2) is 21.7 Å². The monoisotopic (exact) mass is 503 g/mol. The SMILES string of the molecule is Cc1ccc(C)c(/C(O)=C2\C(=O)C(=O)N(Cc3ccccc3)C2c2ccc(OCc3ccccc3)cc2)c1. The van der Waals surface area contributed by atoms with E-state index in [0.717, 1.165) is 27.8 Å². The number of Topliss-reactive ketones (excluding diaryl/α,β-unsaturated/α-hetero) is 1. The fraction of sp³-hybridized carbons (Fsp3) is 0.152. The highest BCUT2D eigenvalue weighted by atomic mass is 16.5. The molecular formula is C33H29NO4. The summed E-state index contributed by atoms with van der Waals surface area (Å²) >= 11 is 0. The number of ketones is 1. The summed E-state index contributed by atoms with van der Waals surface area (Å²) in [4.78, 5) is 28.3. The number of aliphatic hydroxyl groups is 1. The van der Waals surface area contributed by atoms with Crippen molar-refractivity contribution in [2.75, 3.05) is 0 Å². The number of rotatable bonds is 7. The summed E-state index contributed by atoms with van der Waals surface area (Å²) in [6.07, 6.45) is 0. The van der Waals surface area contributed by atoms with Gasteiger partial charge in [0.2, 0.25) is 0 Å². The normalized spacial score (nSPS) is 16.6. The molecule has 4 aromatic carbocycles. The molecule has 1 N–H and O–H groups in total. The van der Waals surface area contributed by atoms with E-state index in [0.29, 0.717) is 17.9 Å². The lowest BCUT2D eigenvalue weighted by Gasteiger charge is -2.26. The van der Waals surface area contributed by atoms with E-state index in [4.69, 9.17) is 4.74 Å². The van der Waals surface area contributed by atoms with Crippen molar-refractivity contribution in [1.29, 1.82) is 0 Å². The number of carbonyl (C=O) groups is 2. The van der Waals surface area contributed by atoms with Gasteiger partial charge in [-0.25, -0.2) is 0 Å². The highest BCUT2D eigenvalue weighted by Gasteiger charge is 2.46. The largest absolute Gasteiger partial charge is 0.507 e. The second-order valence-corrected chi connectivity index (χ2v) is 9.57. The van der Waals surface area contributed by atoms with Gasteiger partial charge in [0, 0.05) is 12.1 Å². The predicted molar refractivity (Wildman–Crippen MR) is 147 cm³/mol. The molecule has 0 saturated carbocycles. The molecule has 0 radical (unpaired) electrons. The lowest BCUT2D eigenvalue weighted by atomic mass is 9.93. The van der Waals surface area contributed by atoms with Crippen LogP contribution in [0.3, 0.4) is 0 Å². The molecular weight excluding hydrogens is 474 g/mol. The third-order valence-corrected chi connectivity index (χ3v) is 6.83. The Hall–Kier alpha value is -4.64. The Balaban J connectivity index is 1.54. The molecule has 0 spiro atoms. The first-order valence-corrected chi connectivity index (χ1v) is 12.6. The molecule has 1 amide bonds. The molecule has 5 nitrogen and oxygen atoms in total. The minimum absolute atomic E-state index is 0.0950. The molecule has 0 bridgehead atoms. The molecule has 5 heteroatoms. The number of ether oxygens (including phenoxy) is 1. The van der Waals surface area contributed by atoms with Gasteiger partial charge in [0.1, 0.15) is 18.1 Å². The van der Waals surface area contributed by atoms with Crippen LogP contribution in [-0.2, 0) is 22.7 Å². The summed E-state index contributed by atoms with van der Waals surface area (Å²) in [5, 5.41) is 11.4. The molecule has 0 aliphatic carbocycles. The molecule has 1 aliphatic rings. The van der Waals surface area contributed by atoms with E-state index < -0.39 is 17.7 Å². The lowest BCUT2D eigenvalue weighted by Crippen LogP contribution is -2.29. The van der Waals surface area contributed by atoms with Gasteiger partial charge in [0.25, 0.3) is 11.7 Å². The molecule has 38 heavy (non-hydrogen) atoms. The van der Waals surface area contributed by atoms with Crippen molar-refractivity contribution >= 4 is 17.4 Å². The average Bonchev–Trinajstić information content (AvgIpc) is 3.19. The molecule has 4 aromatic rings. The van der Waals surface area contributed by atoms with Gasteiger partial charge >= 0.3 is 0 Å². The molecule has 1 unspecified atom stereocenters. The number of aliphatic hydroxyl groups excluding tert-OH is 1. The van der Waals surface area contributed by atoms with Crippen LogP contribution in [0.4, 0.5) is 0 Å². The topological polar surface area (TPSA) is 66.8 Å². The lowest BCUT2D eigenvalue weighted by molar-refractivity contribution is -0.140.